The van der Waals surface area contributed by atoms with Crippen LogP contribution in [-0.4, -0.2) is 52.4 Å². The van der Waals surface area contributed by atoms with Crippen molar-refractivity contribution < 1.29 is 14.3 Å². The number of benzene rings is 3. The molecule has 44 heavy (non-hydrogen) atoms. The number of aromatic nitrogens is 3. The predicted molar refractivity (Wildman–Crippen MR) is 172 cm³/mol. The third kappa shape index (κ3) is 6.35. The van der Waals surface area contributed by atoms with E-state index in [1.165, 1.54) is 0 Å². The zero-order valence-electron chi connectivity index (χ0n) is 25.4. The molecule has 3 heterocycles. The zero-order valence-corrected chi connectivity index (χ0v) is 25.4. The first-order valence-electron chi connectivity index (χ1n) is 15.0. The maximum Gasteiger partial charge on any atom is 0.274 e. The molecule has 1 amide bonds. The summed E-state index contributed by atoms with van der Waals surface area (Å²) in [7, 11) is 1.62. The lowest BCUT2D eigenvalue weighted by molar-refractivity contribution is 0.0579. The summed E-state index contributed by atoms with van der Waals surface area (Å²) < 4.78 is 13.6. The van der Waals surface area contributed by atoms with Crippen LogP contribution in [0.3, 0.4) is 0 Å². The van der Waals surface area contributed by atoms with Crippen molar-refractivity contribution >= 4 is 5.91 Å². The smallest absolute Gasteiger partial charge is 0.274 e. The summed E-state index contributed by atoms with van der Waals surface area (Å²) in [5.74, 6) is -0.345. The Morgan fingerprint density at radius 3 is 2.09 bits per heavy atom. The summed E-state index contributed by atoms with van der Waals surface area (Å²) in [4.78, 5) is 30.0. The standard InChI is InChI=1S/C34H32N4O4.C2H6/c1-41-18-17-37-22-29(30(25-13-7-3-8-14-25)26-15-9-4-10-16-26)38-21-28(27-19-35-36-20-27)32(39)33(31(38)34(37)40)42-23-24-11-5-2-6-12-24;1-2/h2-16,19-21,29-30H,17-18,22-23H2,1H3,(H,35,36);1-2H3/t29-;/m1./s1. The van der Waals surface area contributed by atoms with E-state index in [4.69, 9.17) is 9.47 Å². The number of methoxy groups -OCH3 is 1. The number of aromatic amines is 1. The maximum atomic E-state index is 14.2. The number of rotatable bonds is 10. The van der Waals surface area contributed by atoms with Crippen molar-refractivity contribution in [2.24, 2.45) is 0 Å². The fourth-order valence-corrected chi connectivity index (χ4v) is 5.71. The maximum absolute atomic E-state index is 14.2. The van der Waals surface area contributed by atoms with Gasteiger partial charge in [0.2, 0.25) is 5.43 Å². The molecular formula is C36H38N4O4. The average Bonchev–Trinajstić information content (AvgIpc) is 3.62. The van der Waals surface area contributed by atoms with Crippen LogP contribution in [-0.2, 0) is 11.3 Å². The van der Waals surface area contributed by atoms with Gasteiger partial charge in [0.05, 0.1) is 24.4 Å². The number of amides is 1. The van der Waals surface area contributed by atoms with E-state index in [-0.39, 0.29) is 41.3 Å². The number of nitrogens with zero attached hydrogens (tertiary/aromatic N) is 3. The highest BCUT2D eigenvalue weighted by molar-refractivity contribution is 5.96. The lowest BCUT2D eigenvalue weighted by Gasteiger charge is -2.41. The van der Waals surface area contributed by atoms with Gasteiger partial charge in [-0.1, -0.05) is 105 Å². The van der Waals surface area contributed by atoms with Gasteiger partial charge in [0.15, 0.2) is 11.4 Å². The van der Waals surface area contributed by atoms with Crippen LogP contribution in [0, 0.1) is 0 Å². The molecule has 0 radical (unpaired) electrons. The molecule has 0 saturated heterocycles. The molecule has 226 valence electrons. The van der Waals surface area contributed by atoms with E-state index < -0.39 is 0 Å². The van der Waals surface area contributed by atoms with Crippen molar-refractivity contribution in [3.05, 3.63) is 142 Å². The molecule has 0 fully saturated rings. The topological polar surface area (TPSA) is 89.4 Å². The second-order valence-electron chi connectivity index (χ2n) is 10.3. The van der Waals surface area contributed by atoms with E-state index >= 15 is 0 Å². The minimum absolute atomic E-state index is 0.0366. The highest BCUT2D eigenvalue weighted by Gasteiger charge is 2.40. The van der Waals surface area contributed by atoms with Crippen LogP contribution in [0.25, 0.3) is 11.1 Å². The van der Waals surface area contributed by atoms with Crippen molar-refractivity contribution in [1.82, 2.24) is 19.7 Å². The number of ether oxygens (including phenoxy) is 2. The molecule has 0 bridgehead atoms. The Labute approximate surface area is 257 Å². The Morgan fingerprint density at radius 1 is 0.909 bits per heavy atom. The second kappa shape index (κ2) is 14.5. The molecule has 0 spiro atoms. The van der Waals surface area contributed by atoms with Gasteiger partial charge >= 0.3 is 0 Å². The van der Waals surface area contributed by atoms with E-state index in [0.29, 0.717) is 30.8 Å². The third-order valence-corrected chi connectivity index (χ3v) is 7.75. The Kier molecular flexibility index (Phi) is 10.0. The molecule has 8 heteroatoms. The number of pyridine rings is 1. The molecule has 1 atom stereocenters. The molecule has 5 aromatic rings. The summed E-state index contributed by atoms with van der Waals surface area (Å²) in [5, 5.41) is 6.89. The van der Waals surface area contributed by atoms with Crippen molar-refractivity contribution in [1.29, 1.82) is 0 Å². The predicted octanol–water partition coefficient (Wildman–Crippen LogP) is 6.32. The number of hydrogen-bond acceptors (Lipinski definition) is 5. The summed E-state index contributed by atoms with van der Waals surface area (Å²) in [6.45, 7) is 5.33. The number of carbonyl (C=O) groups is 1. The number of H-pyrrole nitrogens is 1. The number of carbonyl (C=O) groups excluding carboxylic acids is 1. The van der Waals surface area contributed by atoms with Crippen LogP contribution < -0.4 is 10.2 Å². The van der Waals surface area contributed by atoms with Crippen LogP contribution in [0.1, 0.15) is 53.0 Å². The van der Waals surface area contributed by atoms with Crippen molar-refractivity contribution in [3.8, 4) is 16.9 Å². The number of fused-ring (bicyclic) bond motifs is 1. The first-order chi connectivity index (χ1) is 21.7. The summed E-state index contributed by atoms with van der Waals surface area (Å²) >= 11 is 0. The molecule has 8 nitrogen and oxygen atoms in total. The zero-order chi connectivity index (χ0) is 30.9. The molecule has 1 aliphatic rings. The quantitative estimate of drug-likeness (QED) is 0.206. The van der Waals surface area contributed by atoms with Crippen molar-refractivity contribution in [3.63, 3.8) is 0 Å². The average molecular weight is 591 g/mol. The summed E-state index contributed by atoms with van der Waals surface area (Å²) in [5.41, 5.74) is 4.05. The SMILES string of the molecule is CC.COCCN1C[C@H](C(c2ccccc2)c2ccccc2)n2cc(-c3cn[nH]c3)c(=O)c(OCc3ccccc3)c2C1=O. The Hall–Kier alpha value is -4.95. The van der Waals surface area contributed by atoms with E-state index in [1.54, 1.807) is 30.6 Å². The largest absolute Gasteiger partial charge is 0.483 e. The minimum atomic E-state index is -0.352. The lowest BCUT2D eigenvalue weighted by Crippen LogP contribution is -2.47. The van der Waals surface area contributed by atoms with E-state index in [9.17, 15) is 9.59 Å². The monoisotopic (exact) mass is 590 g/mol. The van der Waals surface area contributed by atoms with Crippen LogP contribution >= 0.6 is 0 Å². The fourth-order valence-electron chi connectivity index (χ4n) is 5.71. The lowest BCUT2D eigenvalue weighted by atomic mass is 9.83. The minimum Gasteiger partial charge on any atom is -0.483 e. The highest BCUT2D eigenvalue weighted by Crippen LogP contribution is 2.41. The first kappa shape index (κ1) is 30.5. The number of hydrogen-bond donors (Lipinski definition) is 1. The van der Waals surface area contributed by atoms with Gasteiger partial charge < -0.3 is 18.9 Å². The normalized spacial score (nSPS) is 14.1. The van der Waals surface area contributed by atoms with E-state index in [2.05, 4.69) is 34.5 Å². The van der Waals surface area contributed by atoms with Crippen molar-refractivity contribution in [2.75, 3.05) is 26.8 Å². The van der Waals surface area contributed by atoms with Crippen LogP contribution in [0.4, 0.5) is 0 Å². The van der Waals surface area contributed by atoms with Gasteiger partial charge in [-0.3, -0.25) is 14.7 Å². The molecular weight excluding hydrogens is 552 g/mol. The van der Waals surface area contributed by atoms with Crippen LogP contribution in [0.2, 0.25) is 0 Å². The Balaban J connectivity index is 0.00000188. The van der Waals surface area contributed by atoms with Gasteiger partial charge in [-0.05, 0) is 16.7 Å². The Morgan fingerprint density at radius 2 is 1.52 bits per heavy atom. The van der Waals surface area contributed by atoms with E-state index in [1.807, 2.05) is 85.1 Å². The fraction of sp³-hybridized carbons (Fsp3) is 0.250. The number of nitrogens with one attached hydrogen (secondary N) is 1. The van der Waals surface area contributed by atoms with E-state index in [0.717, 1.165) is 16.7 Å². The van der Waals surface area contributed by atoms with Gasteiger partial charge in [-0.15, -0.1) is 0 Å². The summed E-state index contributed by atoms with van der Waals surface area (Å²) in [6, 6.07) is 29.9. The molecule has 1 aliphatic heterocycles. The van der Waals surface area contributed by atoms with Crippen molar-refractivity contribution in [2.45, 2.75) is 32.4 Å². The first-order valence-corrected chi connectivity index (χ1v) is 15.0. The van der Waals surface area contributed by atoms with Gasteiger partial charge in [0.25, 0.3) is 5.91 Å². The Bertz CT molecular complexity index is 1650. The van der Waals surface area contributed by atoms with Gasteiger partial charge in [0, 0.05) is 44.1 Å². The van der Waals surface area contributed by atoms with Crippen LogP contribution in [0.15, 0.2) is 114 Å². The molecule has 6 rings (SSSR count). The molecule has 0 unspecified atom stereocenters. The molecule has 0 aliphatic carbocycles. The molecule has 1 N–H and O–H groups in total. The second-order valence-corrected chi connectivity index (χ2v) is 10.3. The molecule has 2 aromatic heterocycles. The van der Waals surface area contributed by atoms with Gasteiger partial charge in [-0.2, -0.15) is 5.10 Å². The van der Waals surface area contributed by atoms with Gasteiger partial charge in [-0.25, -0.2) is 0 Å². The third-order valence-electron chi connectivity index (χ3n) is 7.75. The van der Waals surface area contributed by atoms with Crippen LogP contribution in [0.5, 0.6) is 5.75 Å². The molecule has 0 saturated carbocycles. The highest BCUT2D eigenvalue weighted by atomic mass is 16.5. The summed E-state index contributed by atoms with van der Waals surface area (Å²) in [6.07, 6.45) is 5.09. The molecule has 3 aromatic carbocycles. The van der Waals surface area contributed by atoms with Gasteiger partial charge in [0.1, 0.15) is 6.61 Å².